The van der Waals surface area contributed by atoms with E-state index in [9.17, 15) is 9.59 Å². The lowest BCUT2D eigenvalue weighted by Crippen LogP contribution is -2.51. The van der Waals surface area contributed by atoms with Crippen LogP contribution in [0.15, 0.2) is 60.7 Å². The van der Waals surface area contributed by atoms with E-state index in [4.69, 9.17) is 5.10 Å². The minimum Gasteiger partial charge on any atom is -0.352 e. The first-order chi connectivity index (χ1) is 17.0. The molecule has 0 atom stereocenters. The number of hydrogen-bond donors (Lipinski definition) is 2. The van der Waals surface area contributed by atoms with Gasteiger partial charge in [0.1, 0.15) is 5.82 Å². The number of piperazine rings is 1. The molecule has 2 heterocycles. The van der Waals surface area contributed by atoms with Crippen LogP contribution in [0.3, 0.4) is 0 Å². The molecule has 1 saturated carbocycles. The molecule has 2 aromatic carbocycles. The number of carbonyl (C=O) groups excluding carboxylic acids is 2. The molecule has 2 amide bonds. The van der Waals surface area contributed by atoms with Gasteiger partial charge in [0.2, 0.25) is 11.8 Å². The summed E-state index contributed by atoms with van der Waals surface area (Å²) < 4.78 is 1.78. The standard InChI is InChI=1S/C27H32N6O2/c1-20-7-9-21(10-8-20)24-17-25(33(30-24)23-5-3-2-4-6-23)29-27(35)19-32-15-13-31(14-16-32)18-26(34)28-22-11-12-22/h2-10,17,22H,11-16,18-19H2,1H3,(H,28,34)(H,29,35). The van der Waals surface area contributed by atoms with E-state index in [1.807, 2.05) is 48.5 Å². The molecule has 1 aromatic heterocycles. The lowest BCUT2D eigenvalue weighted by molar-refractivity contribution is -0.123. The molecule has 1 aliphatic heterocycles. The minimum atomic E-state index is -0.0718. The van der Waals surface area contributed by atoms with Crippen molar-refractivity contribution in [3.05, 3.63) is 66.2 Å². The first-order valence-electron chi connectivity index (χ1n) is 12.3. The maximum absolute atomic E-state index is 13.0. The number of rotatable bonds is 8. The van der Waals surface area contributed by atoms with E-state index in [0.717, 1.165) is 56.0 Å². The van der Waals surface area contributed by atoms with E-state index in [-0.39, 0.29) is 11.8 Å². The number of para-hydroxylation sites is 1. The van der Waals surface area contributed by atoms with E-state index < -0.39 is 0 Å². The highest BCUT2D eigenvalue weighted by Gasteiger charge is 2.26. The summed E-state index contributed by atoms with van der Waals surface area (Å²) in [5, 5.41) is 10.9. The summed E-state index contributed by atoms with van der Waals surface area (Å²) >= 11 is 0. The Morgan fingerprint density at radius 3 is 2.14 bits per heavy atom. The highest BCUT2D eigenvalue weighted by atomic mass is 16.2. The van der Waals surface area contributed by atoms with E-state index >= 15 is 0 Å². The minimum absolute atomic E-state index is 0.0718. The molecular formula is C27H32N6O2. The van der Waals surface area contributed by atoms with Gasteiger partial charge in [0.15, 0.2) is 0 Å². The maximum Gasteiger partial charge on any atom is 0.239 e. The molecule has 8 nitrogen and oxygen atoms in total. The van der Waals surface area contributed by atoms with Crippen LogP contribution in [-0.2, 0) is 9.59 Å². The van der Waals surface area contributed by atoms with E-state index in [0.29, 0.717) is 24.9 Å². The van der Waals surface area contributed by atoms with E-state index in [1.54, 1.807) is 4.68 Å². The molecule has 2 N–H and O–H groups in total. The quantitative estimate of drug-likeness (QED) is 0.527. The molecule has 1 aliphatic carbocycles. The topological polar surface area (TPSA) is 82.5 Å². The van der Waals surface area contributed by atoms with E-state index in [2.05, 4.69) is 39.5 Å². The fourth-order valence-corrected chi connectivity index (χ4v) is 4.30. The van der Waals surface area contributed by atoms with Gasteiger partial charge in [-0.3, -0.25) is 19.4 Å². The fourth-order valence-electron chi connectivity index (χ4n) is 4.30. The zero-order chi connectivity index (χ0) is 24.2. The van der Waals surface area contributed by atoms with Crippen molar-refractivity contribution < 1.29 is 9.59 Å². The zero-order valence-electron chi connectivity index (χ0n) is 20.1. The smallest absolute Gasteiger partial charge is 0.239 e. The van der Waals surface area contributed by atoms with Crippen LogP contribution in [0.2, 0.25) is 0 Å². The van der Waals surface area contributed by atoms with Crippen molar-refractivity contribution in [2.45, 2.75) is 25.8 Å². The lowest BCUT2D eigenvalue weighted by atomic mass is 10.1. The Balaban J connectivity index is 1.21. The van der Waals surface area contributed by atoms with Crippen LogP contribution in [0.25, 0.3) is 16.9 Å². The summed E-state index contributed by atoms with van der Waals surface area (Å²) in [5.41, 5.74) is 3.89. The zero-order valence-corrected chi connectivity index (χ0v) is 20.1. The molecule has 1 saturated heterocycles. The number of amides is 2. The molecule has 3 aromatic rings. The first-order valence-corrected chi connectivity index (χ1v) is 12.3. The summed E-state index contributed by atoms with van der Waals surface area (Å²) in [5.74, 6) is 0.682. The summed E-state index contributed by atoms with van der Waals surface area (Å²) in [7, 11) is 0. The van der Waals surface area contributed by atoms with Crippen LogP contribution >= 0.6 is 0 Å². The predicted octanol–water partition coefficient (Wildman–Crippen LogP) is 2.68. The van der Waals surface area contributed by atoms with Gasteiger partial charge in [0.05, 0.1) is 24.5 Å². The van der Waals surface area contributed by atoms with Crippen LogP contribution < -0.4 is 10.6 Å². The number of aromatic nitrogens is 2. The van der Waals surface area contributed by atoms with Crippen molar-refractivity contribution in [2.75, 3.05) is 44.6 Å². The van der Waals surface area contributed by atoms with Gasteiger partial charge >= 0.3 is 0 Å². The Bertz CT molecular complexity index is 1160. The molecule has 0 unspecified atom stereocenters. The third-order valence-corrected chi connectivity index (χ3v) is 6.47. The number of nitrogens with zero attached hydrogens (tertiary/aromatic N) is 4. The van der Waals surface area contributed by atoms with Gasteiger partial charge in [-0.2, -0.15) is 5.10 Å². The van der Waals surface area contributed by atoms with Gasteiger partial charge in [-0.15, -0.1) is 0 Å². The molecular weight excluding hydrogens is 440 g/mol. The van der Waals surface area contributed by atoms with E-state index in [1.165, 1.54) is 5.56 Å². The second kappa shape index (κ2) is 10.4. The van der Waals surface area contributed by atoms with Gasteiger partial charge < -0.3 is 10.6 Å². The molecule has 5 rings (SSSR count). The van der Waals surface area contributed by atoms with Gasteiger partial charge in [0, 0.05) is 43.9 Å². The highest BCUT2D eigenvalue weighted by Crippen LogP contribution is 2.25. The number of benzene rings is 2. The number of anilines is 1. The summed E-state index contributed by atoms with van der Waals surface area (Å²) in [4.78, 5) is 29.3. The van der Waals surface area contributed by atoms with Crippen LogP contribution in [0, 0.1) is 6.92 Å². The van der Waals surface area contributed by atoms with Gasteiger partial charge in [-0.1, -0.05) is 48.0 Å². The normalized spacial score (nSPS) is 16.7. The largest absolute Gasteiger partial charge is 0.352 e. The first kappa shape index (κ1) is 23.3. The van der Waals surface area contributed by atoms with Crippen molar-refractivity contribution >= 4 is 17.6 Å². The molecule has 8 heteroatoms. The Morgan fingerprint density at radius 1 is 0.886 bits per heavy atom. The van der Waals surface area contributed by atoms with Crippen molar-refractivity contribution in [3.63, 3.8) is 0 Å². The predicted molar refractivity (Wildman–Crippen MR) is 136 cm³/mol. The number of carbonyl (C=O) groups is 2. The third kappa shape index (κ3) is 6.15. The molecule has 2 fully saturated rings. The Labute approximate surface area is 205 Å². The Hall–Kier alpha value is -3.49. The second-order valence-electron chi connectivity index (χ2n) is 9.47. The maximum atomic E-state index is 13.0. The average Bonchev–Trinajstić information content (AvgIpc) is 3.57. The number of hydrogen-bond acceptors (Lipinski definition) is 5. The number of aryl methyl sites for hydroxylation is 1. The summed E-state index contributed by atoms with van der Waals surface area (Å²) in [6.45, 7) is 5.89. The Kier molecular flexibility index (Phi) is 6.92. The van der Waals surface area contributed by atoms with Crippen LogP contribution in [0.1, 0.15) is 18.4 Å². The molecule has 35 heavy (non-hydrogen) atoms. The summed E-state index contributed by atoms with van der Waals surface area (Å²) in [6, 6.07) is 20.3. The van der Waals surface area contributed by atoms with Crippen molar-refractivity contribution in [1.29, 1.82) is 0 Å². The van der Waals surface area contributed by atoms with Crippen molar-refractivity contribution in [2.24, 2.45) is 0 Å². The third-order valence-electron chi connectivity index (χ3n) is 6.47. The summed E-state index contributed by atoms with van der Waals surface area (Å²) in [6.07, 6.45) is 2.20. The van der Waals surface area contributed by atoms with Crippen molar-refractivity contribution in [3.8, 4) is 16.9 Å². The van der Waals surface area contributed by atoms with Gasteiger partial charge in [-0.05, 0) is 31.9 Å². The molecule has 2 aliphatic rings. The Morgan fingerprint density at radius 2 is 1.51 bits per heavy atom. The van der Waals surface area contributed by atoms with Crippen LogP contribution in [0.5, 0.6) is 0 Å². The second-order valence-corrected chi connectivity index (χ2v) is 9.47. The lowest BCUT2D eigenvalue weighted by Gasteiger charge is -2.33. The number of nitrogens with one attached hydrogen (secondary N) is 2. The fraction of sp³-hybridized carbons (Fsp3) is 0.370. The molecule has 0 radical (unpaired) electrons. The molecule has 0 spiro atoms. The highest BCUT2D eigenvalue weighted by molar-refractivity contribution is 5.92. The SMILES string of the molecule is Cc1ccc(-c2cc(NC(=O)CN3CCN(CC(=O)NC4CC4)CC3)n(-c3ccccc3)n2)cc1. The van der Waals surface area contributed by atoms with Crippen LogP contribution in [0.4, 0.5) is 5.82 Å². The van der Waals surface area contributed by atoms with Gasteiger partial charge in [-0.25, -0.2) is 4.68 Å². The van der Waals surface area contributed by atoms with Gasteiger partial charge in [0.25, 0.3) is 0 Å². The van der Waals surface area contributed by atoms with Crippen molar-refractivity contribution in [1.82, 2.24) is 24.9 Å². The average molecular weight is 473 g/mol. The molecule has 182 valence electrons. The van der Waals surface area contributed by atoms with Crippen LogP contribution in [-0.4, -0.2) is 76.7 Å². The monoisotopic (exact) mass is 472 g/mol. The molecule has 0 bridgehead atoms.